The van der Waals surface area contributed by atoms with Crippen molar-refractivity contribution in [3.63, 3.8) is 0 Å². The van der Waals surface area contributed by atoms with Crippen LogP contribution in [-0.4, -0.2) is 13.0 Å². The maximum Gasteiger partial charge on any atom is 1.00 e. The van der Waals surface area contributed by atoms with Crippen LogP contribution < -0.4 is 45.5 Å². The van der Waals surface area contributed by atoms with E-state index in [-0.39, 0.29) is 34.5 Å². The molecule has 0 aliphatic heterocycles. The summed E-state index contributed by atoms with van der Waals surface area (Å²) in [6.45, 7) is 4.06. The van der Waals surface area contributed by atoms with Gasteiger partial charge in [0.15, 0.2) is 0 Å². The number of benzene rings is 3. The largest absolute Gasteiger partial charge is 1.00 e. The van der Waals surface area contributed by atoms with Crippen molar-refractivity contribution < 1.29 is 42.5 Å². The second-order valence-electron chi connectivity index (χ2n) is 5.96. The summed E-state index contributed by atoms with van der Waals surface area (Å²) in [5.41, 5.74) is 2.33. The molecule has 0 aliphatic carbocycles. The minimum Gasteiger partial charge on any atom is -0.744 e. The Morgan fingerprint density at radius 1 is 0.731 bits per heavy atom. The van der Waals surface area contributed by atoms with Gasteiger partial charge in [0.1, 0.15) is 10.1 Å². The van der Waals surface area contributed by atoms with E-state index in [1.54, 1.807) is 6.07 Å². The van der Waals surface area contributed by atoms with Crippen molar-refractivity contribution in [3.8, 4) is 0 Å². The Balaban J connectivity index is 0.00000243. The third kappa shape index (κ3) is 5.04. The minimum absolute atomic E-state index is 0. The van der Waals surface area contributed by atoms with Crippen LogP contribution in [0.2, 0.25) is 0 Å². The van der Waals surface area contributed by atoms with Gasteiger partial charge in [-0.25, -0.2) is 8.42 Å². The molecule has 0 saturated carbocycles. The first-order valence-corrected chi connectivity index (χ1v) is 10.6. The molecule has 0 radical (unpaired) electrons. The second-order valence-corrected chi connectivity index (χ2v) is 9.56. The summed E-state index contributed by atoms with van der Waals surface area (Å²) in [5.74, 6) is 0. The number of hydrogen-bond donors (Lipinski definition) is 0. The van der Waals surface area contributed by atoms with Gasteiger partial charge in [0.25, 0.3) is 0 Å². The van der Waals surface area contributed by atoms with E-state index in [4.69, 9.17) is 0 Å². The summed E-state index contributed by atoms with van der Waals surface area (Å²) < 4.78 is 34.3. The Morgan fingerprint density at radius 3 is 1.62 bits per heavy atom. The average Bonchev–Trinajstić information content (AvgIpc) is 2.58. The molecular weight excluding hydrogens is 374 g/mol. The van der Waals surface area contributed by atoms with Gasteiger partial charge >= 0.3 is 29.6 Å². The van der Waals surface area contributed by atoms with Gasteiger partial charge in [-0.1, -0.05) is 71.8 Å². The van der Waals surface area contributed by atoms with Crippen molar-refractivity contribution in [1.82, 2.24) is 0 Å². The molecule has 6 heteroatoms. The fraction of sp³-hybridized carbons (Fsp3) is 0.100. The van der Waals surface area contributed by atoms with E-state index < -0.39 is 18.0 Å². The quantitative estimate of drug-likeness (QED) is 0.356. The maximum atomic E-state index is 11.4. The Morgan fingerprint density at radius 2 is 1.19 bits per heavy atom. The normalized spacial score (nSPS) is 11.2. The molecule has 3 aromatic rings. The summed E-state index contributed by atoms with van der Waals surface area (Å²) >= 11 is 0. The number of hydrogen-bond acceptors (Lipinski definition) is 3. The zero-order chi connectivity index (χ0) is 18.0. The Kier molecular flexibility index (Phi) is 7.20. The summed E-state index contributed by atoms with van der Waals surface area (Å²) in [6.07, 6.45) is 0. The van der Waals surface area contributed by atoms with Crippen molar-refractivity contribution in [1.29, 1.82) is 0 Å². The van der Waals surface area contributed by atoms with Crippen molar-refractivity contribution >= 4 is 34.0 Å². The molecule has 0 bridgehead atoms. The van der Waals surface area contributed by atoms with E-state index in [2.05, 4.69) is 24.3 Å². The van der Waals surface area contributed by atoms with Crippen LogP contribution in [-0.2, 0) is 10.1 Å². The molecule has 128 valence electrons. The van der Waals surface area contributed by atoms with Crippen LogP contribution in [0.1, 0.15) is 11.1 Å². The van der Waals surface area contributed by atoms with Crippen LogP contribution in [0.4, 0.5) is 0 Å². The predicted octanol–water partition coefficient (Wildman–Crippen LogP) is -0.0303. The molecule has 3 aromatic carbocycles. The molecule has 26 heavy (non-hydrogen) atoms. The molecule has 0 aliphatic rings. The van der Waals surface area contributed by atoms with E-state index in [1.807, 2.05) is 44.2 Å². The van der Waals surface area contributed by atoms with Crippen LogP contribution >= 0.6 is 7.92 Å². The summed E-state index contributed by atoms with van der Waals surface area (Å²) in [4.78, 5) is -0.184. The van der Waals surface area contributed by atoms with Crippen molar-refractivity contribution in [2.24, 2.45) is 0 Å². The van der Waals surface area contributed by atoms with Gasteiger partial charge in [-0.3, -0.25) is 0 Å². The van der Waals surface area contributed by atoms with E-state index in [1.165, 1.54) is 23.3 Å². The smallest absolute Gasteiger partial charge is 0.744 e. The van der Waals surface area contributed by atoms with Gasteiger partial charge < -0.3 is 4.55 Å². The molecule has 3 rings (SSSR count). The average molecular weight is 392 g/mol. The minimum atomic E-state index is -4.48. The van der Waals surface area contributed by atoms with Crippen LogP contribution in [0.5, 0.6) is 0 Å². The fourth-order valence-electron chi connectivity index (χ4n) is 2.61. The second kappa shape index (κ2) is 8.79. The predicted molar refractivity (Wildman–Crippen MR) is 103 cm³/mol. The summed E-state index contributed by atoms with van der Waals surface area (Å²) in [6, 6.07) is 22.9. The first-order chi connectivity index (χ1) is 11.8. The SMILES string of the molecule is Cc1ccc(P(c2ccc(C)cc2)c2cccc(S(=O)(=O)[O-])c2)cc1.[Na+]. The van der Waals surface area contributed by atoms with Crippen LogP contribution in [0, 0.1) is 13.8 Å². The fourth-order valence-corrected chi connectivity index (χ4v) is 5.51. The first kappa shape index (κ1) is 21.3. The monoisotopic (exact) mass is 392 g/mol. The van der Waals surface area contributed by atoms with E-state index in [9.17, 15) is 13.0 Å². The third-order valence-electron chi connectivity index (χ3n) is 3.95. The number of rotatable bonds is 4. The van der Waals surface area contributed by atoms with Crippen LogP contribution in [0.15, 0.2) is 77.7 Å². The van der Waals surface area contributed by atoms with E-state index >= 15 is 0 Å². The van der Waals surface area contributed by atoms with Gasteiger partial charge in [-0.15, -0.1) is 0 Å². The zero-order valence-corrected chi connectivity index (χ0v) is 18.7. The summed E-state index contributed by atoms with van der Waals surface area (Å²) in [5, 5.41) is 3.08. The molecule has 0 heterocycles. The molecule has 0 saturated heterocycles. The van der Waals surface area contributed by atoms with Crippen LogP contribution in [0.3, 0.4) is 0 Å². The van der Waals surface area contributed by atoms with Gasteiger partial charge in [-0.05, 0) is 49.8 Å². The number of aryl methyl sites for hydroxylation is 2. The molecule has 0 amide bonds. The van der Waals surface area contributed by atoms with Crippen molar-refractivity contribution in [2.75, 3.05) is 0 Å². The molecule has 0 fully saturated rings. The van der Waals surface area contributed by atoms with E-state index in [0.29, 0.717) is 0 Å². The summed E-state index contributed by atoms with van der Waals surface area (Å²) in [7, 11) is -5.41. The third-order valence-corrected chi connectivity index (χ3v) is 7.20. The Hall–Kier alpha value is -1.000. The molecule has 0 unspecified atom stereocenters. The topological polar surface area (TPSA) is 57.2 Å². The Labute approximate surface area is 178 Å². The van der Waals surface area contributed by atoms with Crippen molar-refractivity contribution in [3.05, 3.63) is 83.9 Å². The van der Waals surface area contributed by atoms with Gasteiger partial charge in [0, 0.05) is 0 Å². The molecule has 0 aromatic heterocycles. The maximum absolute atomic E-state index is 11.4. The molecule has 0 atom stereocenters. The van der Waals surface area contributed by atoms with Gasteiger partial charge in [-0.2, -0.15) is 0 Å². The van der Waals surface area contributed by atoms with Crippen molar-refractivity contribution in [2.45, 2.75) is 18.7 Å². The van der Waals surface area contributed by atoms with Gasteiger partial charge in [0.05, 0.1) is 4.90 Å². The van der Waals surface area contributed by atoms with Gasteiger partial charge in [0.2, 0.25) is 0 Å². The zero-order valence-electron chi connectivity index (χ0n) is 15.0. The Bertz CT molecular complexity index is 939. The molecule has 0 spiro atoms. The van der Waals surface area contributed by atoms with E-state index in [0.717, 1.165) is 15.9 Å². The first-order valence-electron chi connectivity index (χ1n) is 7.84. The standard InChI is InChI=1S/C20H19O3PS.Na/c1-15-6-10-17(11-7-15)24(18-12-8-16(2)9-13-18)19-4-3-5-20(14-19)25(21,22)23;/h3-14H,1-2H3,(H,21,22,23);/q;+1/p-1. The van der Waals surface area contributed by atoms with Crippen LogP contribution in [0.25, 0.3) is 0 Å². The molecule has 3 nitrogen and oxygen atoms in total. The molecule has 0 N–H and O–H groups in total. The molecular formula is C20H18NaO3PS.